The highest BCUT2D eigenvalue weighted by atomic mass is 16.5. The Morgan fingerprint density at radius 2 is 2.14 bits per heavy atom. The van der Waals surface area contributed by atoms with Crippen LogP contribution in [0.4, 0.5) is 0 Å². The fourth-order valence-electron chi connectivity index (χ4n) is 2.75. The second-order valence-electron chi connectivity index (χ2n) is 6.95. The number of amides is 1. The number of carbonyl (C=O) groups is 1. The van der Waals surface area contributed by atoms with Gasteiger partial charge in [0.15, 0.2) is 0 Å². The van der Waals surface area contributed by atoms with Crippen LogP contribution in [0.5, 0.6) is 5.75 Å². The molecule has 122 valence electrons. The van der Waals surface area contributed by atoms with Crippen LogP contribution < -0.4 is 10.1 Å². The highest BCUT2D eigenvalue weighted by Gasteiger charge is 2.24. The van der Waals surface area contributed by atoms with E-state index >= 15 is 0 Å². The minimum Gasteiger partial charge on any atom is -0.496 e. The summed E-state index contributed by atoms with van der Waals surface area (Å²) in [7, 11) is 1.70. The third kappa shape index (κ3) is 3.80. The molecule has 1 aromatic carbocycles. The predicted molar refractivity (Wildman–Crippen MR) is 87.3 cm³/mol. The maximum Gasteiger partial charge on any atom is 0.249 e. The van der Waals surface area contributed by atoms with Crippen LogP contribution in [0.25, 0.3) is 0 Å². The van der Waals surface area contributed by atoms with Crippen molar-refractivity contribution >= 4 is 5.91 Å². The molecule has 0 radical (unpaired) electrons. The first-order valence-corrected chi connectivity index (χ1v) is 7.90. The van der Waals surface area contributed by atoms with Gasteiger partial charge in [0.2, 0.25) is 5.91 Å². The molecule has 1 unspecified atom stereocenters. The van der Waals surface area contributed by atoms with Gasteiger partial charge in [0, 0.05) is 13.2 Å². The summed E-state index contributed by atoms with van der Waals surface area (Å²) >= 11 is 0. The lowest BCUT2D eigenvalue weighted by atomic mass is 9.84. The van der Waals surface area contributed by atoms with Gasteiger partial charge in [-0.05, 0) is 54.0 Å². The lowest BCUT2D eigenvalue weighted by molar-refractivity contribution is -0.130. The van der Waals surface area contributed by atoms with E-state index in [1.165, 1.54) is 0 Å². The van der Waals surface area contributed by atoms with Crippen molar-refractivity contribution in [2.75, 3.05) is 13.7 Å². The molecule has 4 heteroatoms. The van der Waals surface area contributed by atoms with Crippen LogP contribution in [0, 0.1) is 6.92 Å². The third-order valence-electron chi connectivity index (χ3n) is 4.14. The van der Waals surface area contributed by atoms with Crippen molar-refractivity contribution in [3.8, 4) is 5.75 Å². The smallest absolute Gasteiger partial charge is 0.249 e. The van der Waals surface area contributed by atoms with Crippen molar-refractivity contribution in [3.63, 3.8) is 0 Å². The highest BCUT2D eigenvalue weighted by molar-refractivity contribution is 5.81. The summed E-state index contributed by atoms with van der Waals surface area (Å²) in [6.45, 7) is 9.74. The molecule has 1 amide bonds. The molecular weight excluding hydrogens is 278 g/mol. The number of benzene rings is 1. The second-order valence-corrected chi connectivity index (χ2v) is 6.95. The van der Waals surface area contributed by atoms with Crippen LogP contribution >= 0.6 is 0 Å². The first-order valence-electron chi connectivity index (χ1n) is 7.90. The van der Waals surface area contributed by atoms with Gasteiger partial charge >= 0.3 is 0 Å². The molecule has 1 saturated heterocycles. The van der Waals surface area contributed by atoms with Gasteiger partial charge in [-0.3, -0.25) is 4.79 Å². The monoisotopic (exact) mass is 305 g/mol. The minimum atomic E-state index is -0.277. The maximum atomic E-state index is 12.1. The first kappa shape index (κ1) is 16.8. The lowest BCUT2D eigenvalue weighted by Crippen LogP contribution is -2.33. The first-order chi connectivity index (χ1) is 10.3. The van der Waals surface area contributed by atoms with Crippen LogP contribution in [0.15, 0.2) is 12.1 Å². The molecule has 0 aromatic heterocycles. The van der Waals surface area contributed by atoms with Crippen LogP contribution in [0.2, 0.25) is 0 Å². The van der Waals surface area contributed by atoms with E-state index in [1.54, 1.807) is 7.11 Å². The molecule has 0 spiro atoms. The van der Waals surface area contributed by atoms with E-state index in [1.807, 2.05) is 13.0 Å². The quantitative estimate of drug-likeness (QED) is 0.930. The number of aryl methyl sites for hydroxylation is 1. The Morgan fingerprint density at radius 1 is 1.41 bits per heavy atom. The maximum absolute atomic E-state index is 12.1. The van der Waals surface area contributed by atoms with Gasteiger partial charge in [0.05, 0.1) is 7.11 Å². The SMILES string of the molecule is COc1cc(C)c(CNC(=O)C2CCCO2)cc1C(C)(C)C. The number of rotatable bonds is 4. The van der Waals surface area contributed by atoms with E-state index < -0.39 is 0 Å². The average molecular weight is 305 g/mol. The van der Waals surface area contributed by atoms with E-state index in [2.05, 4.69) is 32.2 Å². The molecule has 1 aliphatic heterocycles. The fourth-order valence-corrected chi connectivity index (χ4v) is 2.75. The van der Waals surface area contributed by atoms with E-state index in [-0.39, 0.29) is 17.4 Å². The van der Waals surface area contributed by atoms with Crippen molar-refractivity contribution in [1.82, 2.24) is 5.32 Å². The van der Waals surface area contributed by atoms with Gasteiger partial charge in [0.1, 0.15) is 11.9 Å². The molecular formula is C18H27NO3. The Balaban J connectivity index is 2.15. The molecule has 0 aliphatic carbocycles. The Hall–Kier alpha value is -1.55. The van der Waals surface area contributed by atoms with Gasteiger partial charge in [-0.25, -0.2) is 0 Å². The molecule has 1 fully saturated rings. The van der Waals surface area contributed by atoms with Gasteiger partial charge in [0.25, 0.3) is 0 Å². The van der Waals surface area contributed by atoms with Crippen LogP contribution in [-0.2, 0) is 21.5 Å². The minimum absolute atomic E-state index is 0.00757. The molecule has 0 saturated carbocycles. The Morgan fingerprint density at radius 3 is 2.68 bits per heavy atom. The Labute approximate surface area is 133 Å². The molecule has 1 aliphatic rings. The summed E-state index contributed by atoms with van der Waals surface area (Å²) in [5.74, 6) is 0.893. The summed E-state index contributed by atoms with van der Waals surface area (Å²) in [4.78, 5) is 12.1. The molecule has 1 aromatic rings. The number of hydrogen-bond acceptors (Lipinski definition) is 3. The topological polar surface area (TPSA) is 47.6 Å². The normalized spacial score (nSPS) is 18.3. The van der Waals surface area contributed by atoms with Gasteiger partial charge in [-0.1, -0.05) is 20.8 Å². The number of carbonyl (C=O) groups excluding carboxylic acids is 1. The summed E-state index contributed by atoms with van der Waals surface area (Å²) in [6.07, 6.45) is 1.51. The zero-order valence-electron chi connectivity index (χ0n) is 14.3. The zero-order chi connectivity index (χ0) is 16.3. The molecule has 1 atom stereocenters. The van der Waals surface area contributed by atoms with E-state index in [0.29, 0.717) is 13.2 Å². The van der Waals surface area contributed by atoms with Crippen molar-refractivity contribution in [1.29, 1.82) is 0 Å². The summed E-state index contributed by atoms with van der Waals surface area (Å²) in [5.41, 5.74) is 3.39. The molecule has 4 nitrogen and oxygen atoms in total. The van der Waals surface area contributed by atoms with Crippen molar-refractivity contribution in [3.05, 3.63) is 28.8 Å². The molecule has 22 heavy (non-hydrogen) atoms. The van der Waals surface area contributed by atoms with E-state index in [0.717, 1.165) is 35.3 Å². The van der Waals surface area contributed by atoms with Gasteiger partial charge in [-0.2, -0.15) is 0 Å². The fraction of sp³-hybridized carbons (Fsp3) is 0.611. The molecule has 2 rings (SSSR count). The van der Waals surface area contributed by atoms with E-state index in [9.17, 15) is 4.79 Å². The number of methoxy groups -OCH3 is 1. The third-order valence-corrected chi connectivity index (χ3v) is 4.14. The van der Waals surface area contributed by atoms with Crippen molar-refractivity contribution in [2.24, 2.45) is 0 Å². The largest absolute Gasteiger partial charge is 0.496 e. The second kappa shape index (κ2) is 6.69. The Bertz CT molecular complexity index is 540. The van der Waals surface area contributed by atoms with Gasteiger partial charge in [-0.15, -0.1) is 0 Å². The van der Waals surface area contributed by atoms with E-state index in [4.69, 9.17) is 9.47 Å². The van der Waals surface area contributed by atoms with Crippen LogP contribution in [-0.4, -0.2) is 25.7 Å². The standard InChI is InChI=1S/C18H27NO3/c1-12-9-16(21-5)14(18(2,3)4)10-13(12)11-19-17(20)15-7-6-8-22-15/h9-10,15H,6-8,11H2,1-5H3,(H,19,20). The average Bonchev–Trinajstić information content (AvgIpc) is 2.98. The predicted octanol–water partition coefficient (Wildman–Crippen LogP) is 3.10. The summed E-state index contributed by atoms with van der Waals surface area (Å²) < 4.78 is 10.9. The van der Waals surface area contributed by atoms with Crippen molar-refractivity contribution < 1.29 is 14.3 Å². The van der Waals surface area contributed by atoms with Crippen LogP contribution in [0.1, 0.15) is 50.3 Å². The van der Waals surface area contributed by atoms with Crippen molar-refractivity contribution in [2.45, 2.75) is 58.6 Å². The lowest BCUT2D eigenvalue weighted by Gasteiger charge is -2.24. The van der Waals surface area contributed by atoms with Gasteiger partial charge < -0.3 is 14.8 Å². The number of hydrogen-bond donors (Lipinski definition) is 1. The molecule has 0 bridgehead atoms. The molecule has 1 N–H and O–H groups in total. The zero-order valence-corrected chi connectivity index (χ0v) is 14.3. The summed E-state index contributed by atoms with van der Waals surface area (Å²) in [6, 6.07) is 4.19. The summed E-state index contributed by atoms with van der Waals surface area (Å²) in [5, 5.41) is 2.99. The number of nitrogens with one attached hydrogen (secondary N) is 1. The Kier molecular flexibility index (Phi) is 5.12. The highest BCUT2D eigenvalue weighted by Crippen LogP contribution is 2.33. The van der Waals surface area contributed by atoms with Crippen LogP contribution in [0.3, 0.4) is 0 Å². The number of ether oxygens (including phenoxy) is 2. The molecule has 1 heterocycles.